The van der Waals surface area contributed by atoms with Crippen LogP contribution in [0.2, 0.25) is 10.0 Å². The van der Waals surface area contributed by atoms with E-state index in [-0.39, 0.29) is 40.6 Å². The summed E-state index contributed by atoms with van der Waals surface area (Å²) in [5.41, 5.74) is 0. The molecule has 0 aromatic heterocycles. The maximum atomic E-state index is 12.6. The van der Waals surface area contributed by atoms with Crippen molar-refractivity contribution in [2.45, 2.75) is 42.8 Å². The van der Waals surface area contributed by atoms with E-state index in [0.717, 1.165) is 0 Å². The van der Waals surface area contributed by atoms with Gasteiger partial charge >= 0.3 is 6.18 Å². The summed E-state index contributed by atoms with van der Waals surface area (Å²) in [6.07, 6.45) is -4.11. The van der Waals surface area contributed by atoms with Gasteiger partial charge in [0, 0.05) is 6.04 Å². The molecule has 1 saturated carbocycles. The molecule has 0 amide bonds. The van der Waals surface area contributed by atoms with E-state index >= 15 is 0 Å². The topological polar surface area (TPSA) is 46.2 Å². The van der Waals surface area contributed by atoms with E-state index in [1.165, 1.54) is 18.2 Å². The smallest absolute Gasteiger partial charge is 0.208 e. The molecule has 1 aromatic rings. The van der Waals surface area contributed by atoms with Crippen LogP contribution >= 0.6 is 23.2 Å². The lowest BCUT2D eigenvalue weighted by Gasteiger charge is -2.30. The first-order valence-corrected chi connectivity index (χ1v) is 8.88. The van der Waals surface area contributed by atoms with Crippen LogP contribution in [0.5, 0.6) is 0 Å². The molecule has 0 heterocycles. The number of alkyl halides is 3. The van der Waals surface area contributed by atoms with Gasteiger partial charge in [0.2, 0.25) is 10.0 Å². The molecule has 22 heavy (non-hydrogen) atoms. The van der Waals surface area contributed by atoms with Crippen LogP contribution in [0.3, 0.4) is 0 Å². The summed E-state index contributed by atoms with van der Waals surface area (Å²) in [4.78, 5) is -0.167. The zero-order valence-corrected chi connectivity index (χ0v) is 13.7. The van der Waals surface area contributed by atoms with E-state index in [0.29, 0.717) is 0 Å². The quantitative estimate of drug-likeness (QED) is 0.851. The van der Waals surface area contributed by atoms with Gasteiger partial charge in [-0.1, -0.05) is 29.3 Å². The number of rotatable bonds is 3. The van der Waals surface area contributed by atoms with Crippen LogP contribution in [0.25, 0.3) is 0 Å². The molecule has 124 valence electrons. The van der Waals surface area contributed by atoms with Crippen LogP contribution in [-0.4, -0.2) is 20.6 Å². The van der Waals surface area contributed by atoms with E-state index in [2.05, 4.69) is 4.72 Å². The lowest BCUT2D eigenvalue weighted by atomic mass is 9.86. The van der Waals surface area contributed by atoms with Gasteiger partial charge in [-0.05, 0) is 37.8 Å². The molecule has 0 aliphatic heterocycles. The Bertz CT molecular complexity index is 641. The van der Waals surface area contributed by atoms with Crippen molar-refractivity contribution >= 4 is 33.2 Å². The number of hydrogen-bond acceptors (Lipinski definition) is 2. The fourth-order valence-electron chi connectivity index (χ4n) is 2.51. The third-order valence-electron chi connectivity index (χ3n) is 3.72. The summed E-state index contributed by atoms with van der Waals surface area (Å²) in [6, 6.07) is 3.68. The molecule has 0 atom stereocenters. The van der Waals surface area contributed by atoms with Crippen LogP contribution in [0, 0.1) is 5.92 Å². The Morgan fingerprint density at radius 2 is 1.68 bits per heavy atom. The van der Waals surface area contributed by atoms with Crippen LogP contribution in [0.15, 0.2) is 23.1 Å². The highest BCUT2D eigenvalue weighted by atomic mass is 35.5. The SMILES string of the molecule is O=S(=O)(NC1CCC(C(F)(F)F)CC1)c1cccc(Cl)c1Cl. The van der Waals surface area contributed by atoms with Crippen molar-refractivity contribution in [3.8, 4) is 0 Å². The molecule has 0 spiro atoms. The van der Waals surface area contributed by atoms with E-state index in [1.54, 1.807) is 0 Å². The Labute approximate surface area is 136 Å². The molecule has 0 bridgehead atoms. The Kier molecular flexibility index (Phi) is 5.31. The van der Waals surface area contributed by atoms with Gasteiger partial charge in [0.1, 0.15) is 4.90 Å². The second kappa shape index (κ2) is 6.55. The fraction of sp³-hybridized carbons (Fsp3) is 0.538. The third kappa shape index (κ3) is 4.07. The average Bonchev–Trinajstić information content (AvgIpc) is 2.40. The van der Waals surface area contributed by atoms with E-state index in [9.17, 15) is 21.6 Å². The van der Waals surface area contributed by atoms with Gasteiger partial charge in [-0.15, -0.1) is 0 Å². The highest BCUT2D eigenvalue weighted by Gasteiger charge is 2.42. The first kappa shape index (κ1) is 17.8. The van der Waals surface area contributed by atoms with Crippen molar-refractivity contribution in [1.82, 2.24) is 4.72 Å². The summed E-state index contributed by atoms with van der Waals surface area (Å²) < 4.78 is 64.8. The highest BCUT2D eigenvalue weighted by molar-refractivity contribution is 7.89. The molecule has 0 saturated heterocycles. The molecular weight excluding hydrogens is 362 g/mol. The molecule has 1 aliphatic rings. The normalized spacial score (nSPS) is 23.5. The van der Waals surface area contributed by atoms with Gasteiger partial charge in [0.15, 0.2) is 0 Å². The summed E-state index contributed by atoms with van der Waals surface area (Å²) in [5, 5.41) is 0.00552. The van der Waals surface area contributed by atoms with Crippen molar-refractivity contribution < 1.29 is 21.6 Å². The standard InChI is InChI=1S/C13H14Cl2F3NO2S/c14-10-2-1-3-11(12(10)15)22(20,21)19-9-6-4-8(5-7-9)13(16,17)18/h1-3,8-9,19H,4-7H2. The molecule has 1 N–H and O–H groups in total. The van der Waals surface area contributed by atoms with Crippen LogP contribution in [-0.2, 0) is 10.0 Å². The molecule has 1 aromatic carbocycles. The molecular formula is C13H14Cl2F3NO2S. The van der Waals surface area contributed by atoms with Crippen molar-refractivity contribution in [3.63, 3.8) is 0 Å². The molecule has 1 fully saturated rings. The molecule has 2 rings (SSSR count). The number of hydrogen-bond donors (Lipinski definition) is 1. The molecule has 9 heteroatoms. The Hall–Kier alpha value is -0.500. The van der Waals surface area contributed by atoms with Gasteiger partial charge in [-0.25, -0.2) is 13.1 Å². The summed E-state index contributed by atoms with van der Waals surface area (Å²) in [7, 11) is -3.91. The van der Waals surface area contributed by atoms with Gasteiger partial charge in [-0.2, -0.15) is 13.2 Å². The third-order valence-corrected chi connectivity index (χ3v) is 6.21. The molecule has 1 aliphatic carbocycles. The summed E-state index contributed by atoms with van der Waals surface area (Å²) in [6.45, 7) is 0. The minimum absolute atomic E-state index is 0.0834. The molecule has 3 nitrogen and oxygen atoms in total. The summed E-state index contributed by atoms with van der Waals surface area (Å²) in [5.74, 6) is -1.36. The van der Waals surface area contributed by atoms with Crippen LogP contribution in [0.1, 0.15) is 25.7 Å². The number of benzene rings is 1. The predicted molar refractivity (Wildman–Crippen MR) is 78.6 cm³/mol. The van der Waals surface area contributed by atoms with Crippen molar-refractivity contribution in [3.05, 3.63) is 28.2 Å². The largest absolute Gasteiger partial charge is 0.391 e. The first-order valence-electron chi connectivity index (χ1n) is 6.64. The maximum absolute atomic E-state index is 12.6. The van der Waals surface area contributed by atoms with Crippen molar-refractivity contribution in [1.29, 1.82) is 0 Å². The van der Waals surface area contributed by atoms with Gasteiger partial charge < -0.3 is 0 Å². The number of nitrogens with one attached hydrogen (secondary N) is 1. The monoisotopic (exact) mass is 375 g/mol. The first-order chi connectivity index (χ1) is 10.1. The maximum Gasteiger partial charge on any atom is 0.391 e. The zero-order chi connectivity index (χ0) is 16.5. The van der Waals surface area contributed by atoms with Crippen LogP contribution in [0.4, 0.5) is 13.2 Å². The molecule has 0 radical (unpaired) electrons. The van der Waals surface area contributed by atoms with E-state index < -0.39 is 28.2 Å². The number of sulfonamides is 1. The average molecular weight is 376 g/mol. The Morgan fingerprint density at radius 1 is 1.09 bits per heavy atom. The minimum Gasteiger partial charge on any atom is -0.208 e. The van der Waals surface area contributed by atoms with Crippen molar-refractivity contribution in [2.75, 3.05) is 0 Å². The lowest BCUT2D eigenvalue weighted by Crippen LogP contribution is -2.40. The minimum atomic E-state index is -4.22. The zero-order valence-electron chi connectivity index (χ0n) is 11.3. The second-order valence-electron chi connectivity index (χ2n) is 5.26. The van der Waals surface area contributed by atoms with E-state index in [1.807, 2.05) is 0 Å². The van der Waals surface area contributed by atoms with Crippen molar-refractivity contribution in [2.24, 2.45) is 5.92 Å². The highest BCUT2D eigenvalue weighted by Crippen LogP contribution is 2.38. The Balaban J connectivity index is 2.07. The van der Waals surface area contributed by atoms with E-state index in [4.69, 9.17) is 23.2 Å². The van der Waals surface area contributed by atoms with Gasteiger partial charge in [0.05, 0.1) is 16.0 Å². The second-order valence-corrected chi connectivity index (χ2v) is 7.73. The fourth-order valence-corrected chi connectivity index (χ4v) is 4.58. The van der Waals surface area contributed by atoms with Crippen LogP contribution < -0.4 is 4.72 Å². The Morgan fingerprint density at radius 3 is 2.23 bits per heavy atom. The van der Waals surface area contributed by atoms with Gasteiger partial charge in [-0.3, -0.25) is 0 Å². The summed E-state index contributed by atoms with van der Waals surface area (Å²) >= 11 is 11.7. The van der Waals surface area contributed by atoms with Gasteiger partial charge in [0.25, 0.3) is 0 Å². The predicted octanol–water partition coefficient (Wildman–Crippen LogP) is 4.39. The lowest BCUT2D eigenvalue weighted by molar-refractivity contribution is -0.182. The molecule has 0 unspecified atom stereocenters. The number of halogens is 5.